The van der Waals surface area contributed by atoms with Gasteiger partial charge >= 0.3 is 0 Å². The molecule has 1 aromatic carbocycles. The molecule has 1 rings (SSSR count). The number of aliphatic hydroxyl groups is 1. The Bertz CT molecular complexity index is 358. The van der Waals surface area contributed by atoms with Crippen LogP contribution in [0.4, 0.5) is 5.69 Å². The monoisotopic (exact) mass is 270 g/mol. The van der Waals surface area contributed by atoms with Crippen LogP contribution in [-0.2, 0) is 6.54 Å². The van der Waals surface area contributed by atoms with Crippen molar-refractivity contribution in [2.75, 3.05) is 31.1 Å². The van der Waals surface area contributed by atoms with Crippen molar-refractivity contribution in [3.8, 4) is 0 Å². The topological polar surface area (TPSA) is 35.5 Å². The summed E-state index contributed by atoms with van der Waals surface area (Å²) in [4.78, 5) is 2.12. The maximum Gasteiger partial charge on any atom is 0.0642 e. The third-order valence-corrected chi connectivity index (χ3v) is 3.19. The number of aliphatic hydroxyl groups excluding tert-OH is 1. The van der Waals surface area contributed by atoms with Gasteiger partial charge in [0.25, 0.3) is 0 Å². The zero-order valence-electron chi connectivity index (χ0n) is 11.2. The highest BCUT2D eigenvalue weighted by Crippen LogP contribution is 2.29. The number of nitrogens with one attached hydrogen (secondary N) is 1. The lowest BCUT2D eigenvalue weighted by Gasteiger charge is -2.26. The van der Waals surface area contributed by atoms with Crippen molar-refractivity contribution in [2.45, 2.75) is 26.8 Å². The molecule has 0 spiro atoms. The maximum absolute atomic E-state index is 9.12. The van der Waals surface area contributed by atoms with Gasteiger partial charge in [-0.2, -0.15) is 0 Å². The largest absolute Gasteiger partial charge is 0.395 e. The molecule has 0 aliphatic rings. The Morgan fingerprint density at radius 1 is 1.33 bits per heavy atom. The number of nitrogens with zero attached hydrogens (tertiary/aromatic N) is 1. The predicted octanol–water partition coefficient (Wildman–Crippen LogP) is 2.66. The second-order valence-electron chi connectivity index (χ2n) is 4.23. The van der Waals surface area contributed by atoms with Gasteiger partial charge in [-0.15, -0.1) is 0 Å². The molecule has 1 aromatic rings. The summed E-state index contributed by atoms with van der Waals surface area (Å²) in [6.45, 7) is 7.62. The van der Waals surface area contributed by atoms with E-state index in [9.17, 15) is 0 Å². The molecular formula is C14H23ClN2O. The van der Waals surface area contributed by atoms with Crippen molar-refractivity contribution in [3.63, 3.8) is 0 Å². The van der Waals surface area contributed by atoms with E-state index in [0.29, 0.717) is 6.54 Å². The molecule has 0 aliphatic heterocycles. The van der Waals surface area contributed by atoms with E-state index in [2.05, 4.69) is 30.1 Å². The number of rotatable bonds is 8. The van der Waals surface area contributed by atoms with E-state index in [0.717, 1.165) is 36.8 Å². The molecule has 0 radical (unpaired) electrons. The minimum Gasteiger partial charge on any atom is -0.395 e. The third kappa shape index (κ3) is 4.16. The fourth-order valence-corrected chi connectivity index (χ4v) is 2.32. The first kappa shape index (κ1) is 15.3. The van der Waals surface area contributed by atoms with Crippen LogP contribution in [0.25, 0.3) is 0 Å². The van der Waals surface area contributed by atoms with E-state index in [4.69, 9.17) is 16.7 Å². The van der Waals surface area contributed by atoms with Crippen LogP contribution >= 0.6 is 11.6 Å². The molecule has 3 nitrogen and oxygen atoms in total. The highest BCUT2D eigenvalue weighted by molar-refractivity contribution is 6.33. The van der Waals surface area contributed by atoms with Crippen LogP contribution in [0.1, 0.15) is 25.8 Å². The van der Waals surface area contributed by atoms with Crippen LogP contribution in [0.3, 0.4) is 0 Å². The van der Waals surface area contributed by atoms with Gasteiger partial charge in [0.15, 0.2) is 0 Å². The van der Waals surface area contributed by atoms with Crippen molar-refractivity contribution >= 4 is 17.3 Å². The Morgan fingerprint density at radius 2 is 2.11 bits per heavy atom. The lowest BCUT2D eigenvalue weighted by atomic mass is 10.1. The van der Waals surface area contributed by atoms with Gasteiger partial charge in [0.05, 0.1) is 17.3 Å². The molecule has 18 heavy (non-hydrogen) atoms. The summed E-state index contributed by atoms with van der Waals surface area (Å²) in [6.07, 6.45) is 1.12. The molecule has 0 aromatic heterocycles. The summed E-state index contributed by atoms with van der Waals surface area (Å²) in [5, 5.41) is 13.3. The molecule has 0 aliphatic carbocycles. The number of anilines is 1. The Kier molecular flexibility index (Phi) is 7.09. The van der Waals surface area contributed by atoms with E-state index in [-0.39, 0.29) is 6.61 Å². The summed E-state index contributed by atoms with van der Waals surface area (Å²) >= 11 is 6.30. The molecule has 0 saturated heterocycles. The molecule has 0 unspecified atom stereocenters. The number of hydrogen-bond donors (Lipinski definition) is 2. The van der Waals surface area contributed by atoms with Crippen molar-refractivity contribution in [3.05, 3.63) is 28.8 Å². The van der Waals surface area contributed by atoms with Gasteiger partial charge in [-0.1, -0.05) is 30.7 Å². The summed E-state index contributed by atoms with van der Waals surface area (Å²) < 4.78 is 0. The van der Waals surface area contributed by atoms with E-state index < -0.39 is 0 Å². The maximum atomic E-state index is 9.12. The van der Waals surface area contributed by atoms with Crippen LogP contribution in [-0.4, -0.2) is 31.3 Å². The molecule has 0 fully saturated rings. The molecule has 0 heterocycles. The SMILES string of the molecule is CCCNCc1cccc(Cl)c1N(CC)CCO. The highest BCUT2D eigenvalue weighted by Gasteiger charge is 2.12. The molecule has 102 valence electrons. The standard InChI is InChI=1S/C14H23ClN2O/c1-3-8-16-11-12-6-5-7-13(15)14(12)17(4-2)9-10-18/h5-7,16,18H,3-4,8-11H2,1-2H3. The number of halogens is 1. The minimum atomic E-state index is 0.140. The number of hydrogen-bond acceptors (Lipinski definition) is 3. The Balaban J connectivity index is 2.91. The lowest BCUT2D eigenvalue weighted by molar-refractivity contribution is 0.302. The molecule has 0 amide bonds. The Labute approximate surface area is 115 Å². The zero-order chi connectivity index (χ0) is 13.4. The van der Waals surface area contributed by atoms with Crippen LogP contribution in [0.5, 0.6) is 0 Å². The Hall–Kier alpha value is -0.770. The number of likely N-dealkylation sites (N-methyl/N-ethyl adjacent to an activating group) is 1. The molecule has 4 heteroatoms. The first-order valence-electron chi connectivity index (χ1n) is 6.58. The number of benzene rings is 1. The first-order valence-corrected chi connectivity index (χ1v) is 6.96. The van der Waals surface area contributed by atoms with E-state index in [1.807, 2.05) is 12.1 Å². The molecule has 2 N–H and O–H groups in total. The van der Waals surface area contributed by atoms with E-state index in [1.165, 1.54) is 5.56 Å². The average molecular weight is 271 g/mol. The number of para-hydroxylation sites is 1. The van der Waals surface area contributed by atoms with Gasteiger partial charge in [-0.25, -0.2) is 0 Å². The summed E-state index contributed by atoms with van der Waals surface area (Å²) in [5.74, 6) is 0. The lowest BCUT2D eigenvalue weighted by Crippen LogP contribution is -2.28. The van der Waals surface area contributed by atoms with Crippen molar-refractivity contribution < 1.29 is 5.11 Å². The van der Waals surface area contributed by atoms with Gasteiger partial charge in [0.1, 0.15) is 0 Å². The molecule has 0 atom stereocenters. The van der Waals surface area contributed by atoms with Gasteiger partial charge in [0, 0.05) is 19.6 Å². The van der Waals surface area contributed by atoms with Gasteiger partial charge in [0.2, 0.25) is 0 Å². The van der Waals surface area contributed by atoms with E-state index in [1.54, 1.807) is 0 Å². The van der Waals surface area contributed by atoms with Crippen LogP contribution in [0.15, 0.2) is 18.2 Å². The van der Waals surface area contributed by atoms with Crippen LogP contribution in [0.2, 0.25) is 5.02 Å². The summed E-state index contributed by atoms with van der Waals surface area (Å²) in [7, 11) is 0. The van der Waals surface area contributed by atoms with Gasteiger partial charge in [-0.05, 0) is 31.5 Å². The quantitative estimate of drug-likeness (QED) is 0.713. The first-order chi connectivity index (χ1) is 8.74. The predicted molar refractivity (Wildman–Crippen MR) is 78.4 cm³/mol. The smallest absolute Gasteiger partial charge is 0.0642 e. The molecular weight excluding hydrogens is 248 g/mol. The normalized spacial score (nSPS) is 10.7. The van der Waals surface area contributed by atoms with E-state index >= 15 is 0 Å². The average Bonchev–Trinajstić information content (AvgIpc) is 2.37. The summed E-state index contributed by atoms with van der Waals surface area (Å²) in [6, 6.07) is 5.96. The Morgan fingerprint density at radius 3 is 2.72 bits per heavy atom. The second kappa shape index (κ2) is 8.35. The second-order valence-corrected chi connectivity index (χ2v) is 4.63. The summed E-state index contributed by atoms with van der Waals surface area (Å²) in [5.41, 5.74) is 2.23. The minimum absolute atomic E-state index is 0.140. The van der Waals surface area contributed by atoms with Crippen LogP contribution in [0, 0.1) is 0 Å². The third-order valence-electron chi connectivity index (χ3n) is 2.88. The van der Waals surface area contributed by atoms with Gasteiger partial charge in [-0.3, -0.25) is 0 Å². The molecule has 0 saturated carbocycles. The fraction of sp³-hybridized carbons (Fsp3) is 0.571. The van der Waals surface area contributed by atoms with Crippen LogP contribution < -0.4 is 10.2 Å². The van der Waals surface area contributed by atoms with Crippen molar-refractivity contribution in [1.29, 1.82) is 0 Å². The van der Waals surface area contributed by atoms with Crippen molar-refractivity contribution in [2.24, 2.45) is 0 Å². The van der Waals surface area contributed by atoms with Gasteiger partial charge < -0.3 is 15.3 Å². The fourth-order valence-electron chi connectivity index (χ4n) is 2.01. The van der Waals surface area contributed by atoms with Crippen molar-refractivity contribution in [1.82, 2.24) is 5.32 Å². The highest BCUT2D eigenvalue weighted by atomic mass is 35.5. The zero-order valence-corrected chi connectivity index (χ0v) is 12.0. The molecule has 0 bridgehead atoms.